The summed E-state index contributed by atoms with van der Waals surface area (Å²) in [5.41, 5.74) is 2.10. The van der Waals surface area contributed by atoms with Crippen LogP contribution >= 0.6 is 31.9 Å². The molecule has 104 valence electrons. The molecule has 19 heavy (non-hydrogen) atoms. The molecule has 0 radical (unpaired) electrons. The van der Waals surface area contributed by atoms with Gasteiger partial charge in [0.1, 0.15) is 0 Å². The predicted molar refractivity (Wildman–Crippen MR) is 85.7 cm³/mol. The molecule has 0 heterocycles. The zero-order chi connectivity index (χ0) is 14.3. The fourth-order valence-corrected chi connectivity index (χ4v) is 3.61. The van der Waals surface area contributed by atoms with Gasteiger partial charge in [-0.05, 0) is 37.8 Å². The molecule has 0 bridgehead atoms. The zero-order valence-corrected chi connectivity index (χ0v) is 14.6. The summed E-state index contributed by atoms with van der Waals surface area (Å²) in [5, 5.41) is 3.09. The highest BCUT2D eigenvalue weighted by Crippen LogP contribution is 2.66. The maximum atomic E-state index is 12.3. The first-order valence-electron chi connectivity index (χ1n) is 6.58. The van der Waals surface area contributed by atoms with Crippen molar-refractivity contribution >= 4 is 37.8 Å². The summed E-state index contributed by atoms with van der Waals surface area (Å²) in [6.07, 6.45) is 1.85. The highest BCUT2D eigenvalue weighted by atomic mass is 79.9. The smallest absolute Gasteiger partial charge is 0.228 e. The van der Waals surface area contributed by atoms with Gasteiger partial charge in [0.05, 0.1) is 14.7 Å². The Hall–Kier alpha value is -0.350. The van der Waals surface area contributed by atoms with E-state index in [2.05, 4.69) is 68.4 Å². The summed E-state index contributed by atoms with van der Waals surface area (Å²) in [4.78, 5) is 12.3. The summed E-state index contributed by atoms with van der Waals surface area (Å²) < 4.78 is -0.233. The normalized spacial score (nSPS) is 25.7. The van der Waals surface area contributed by atoms with Gasteiger partial charge >= 0.3 is 0 Å². The van der Waals surface area contributed by atoms with Gasteiger partial charge in [-0.15, -0.1) is 0 Å². The molecule has 0 spiro atoms. The summed E-state index contributed by atoms with van der Waals surface area (Å²) in [5.74, 6) is 0.0910. The number of hydrogen-bond acceptors (Lipinski definition) is 1. The minimum Gasteiger partial charge on any atom is -0.349 e. The van der Waals surface area contributed by atoms with Crippen molar-refractivity contribution in [3.8, 4) is 0 Å². The van der Waals surface area contributed by atoms with Crippen LogP contribution in [-0.2, 0) is 11.2 Å². The molecule has 4 heteroatoms. The second-order valence-corrected chi connectivity index (χ2v) is 9.28. The number of amides is 1. The highest BCUT2D eigenvalue weighted by molar-refractivity contribution is 9.25. The minimum absolute atomic E-state index is 0.0339. The molecule has 1 N–H and O–H groups in total. The van der Waals surface area contributed by atoms with Crippen molar-refractivity contribution in [3.63, 3.8) is 0 Å². The Morgan fingerprint density at radius 1 is 1.37 bits per heavy atom. The zero-order valence-electron chi connectivity index (χ0n) is 11.5. The first-order chi connectivity index (χ1) is 8.80. The molecule has 2 atom stereocenters. The molecular weight excluding hydrogens is 370 g/mol. The monoisotopic (exact) mass is 387 g/mol. The Morgan fingerprint density at radius 2 is 1.89 bits per heavy atom. The van der Waals surface area contributed by atoms with E-state index >= 15 is 0 Å². The Kier molecular flexibility index (Phi) is 4.12. The summed E-state index contributed by atoms with van der Waals surface area (Å²) in [6, 6.07) is 8.46. The lowest BCUT2D eigenvalue weighted by molar-refractivity contribution is -0.126. The van der Waals surface area contributed by atoms with Crippen LogP contribution < -0.4 is 5.32 Å². The third-order valence-corrected chi connectivity index (χ3v) is 6.31. The van der Waals surface area contributed by atoms with Crippen molar-refractivity contribution in [1.29, 1.82) is 0 Å². The summed E-state index contributed by atoms with van der Waals surface area (Å²) >= 11 is 7.06. The van der Waals surface area contributed by atoms with Crippen molar-refractivity contribution < 1.29 is 4.79 Å². The molecule has 0 saturated heterocycles. The molecule has 1 fully saturated rings. The fraction of sp³-hybridized carbons (Fsp3) is 0.533. The van der Waals surface area contributed by atoms with Gasteiger partial charge in [-0.25, -0.2) is 0 Å². The SMILES string of the molecule is CCc1ccc([C@H](C)NC(=O)[C@]2(C)CC2(Br)Br)cc1. The predicted octanol–water partition coefficient (Wildman–Crippen LogP) is 4.32. The van der Waals surface area contributed by atoms with E-state index in [-0.39, 0.29) is 20.6 Å². The number of halogens is 2. The van der Waals surface area contributed by atoms with Crippen LogP contribution in [0.2, 0.25) is 0 Å². The van der Waals surface area contributed by atoms with E-state index in [0.717, 1.165) is 18.4 Å². The minimum atomic E-state index is -0.357. The van der Waals surface area contributed by atoms with E-state index < -0.39 is 0 Å². The van der Waals surface area contributed by atoms with Crippen LogP contribution in [0.3, 0.4) is 0 Å². The highest BCUT2D eigenvalue weighted by Gasteiger charge is 2.66. The number of alkyl halides is 2. The molecule has 0 aliphatic heterocycles. The third-order valence-electron chi connectivity index (χ3n) is 3.99. The van der Waals surface area contributed by atoms with Crippen LogP contribution in [0.25, 0.3) is 0 Å². The number of nitrogens with one attached hydrogen (secondary N) is 1. The summed E-state index contributed by atoms with van der Waals surface area (Å²) in [7, 11) is 0. The van der Waals surface area contributed by atoms with Gasteiger partial charge in [0.25, 0.3) is 0 Å². The Morgan fingerprint density at radius 3 is 2.32 bits per heavy atom. The van der Waals surface area contributed by atoms with Crippen LogP contribution in [-0.4, -0.2) is 9.14 Å². The van der Waals surface area contributed by atoms with Gasteiger partial charge in [0.15, 0.2) is 0 Å². The third kappa shape index (κ3) is 2.89. The number of aryl methyl sites for hydroxylation is 1. The van der Waals surface area contributed by atoms with E-state index in [1.165, 1.54) is 5.56 Å². The van der Waals surface area contributed by atoms with Crippen LogP contribution in [0, 0.1) is 5.41 Å². The molecule has 2 nitrogen and oxygen atoms in total. The fourth-order valence-electron chi connectivity index (χ4n) is 2.13. The lowest BCUT2D eigenvalue weighted by atomic mass is 10.0. The van der Waals surface area contributed by atoms with Crippen molar-refractivity contribution in [2.24, 2.45) is 5.41 Å². The van der Waals surface area contributed by atoms with Crippen molar-refractivity contribution in [1.82, 2.24) is 5.32 Å². The van der Waals surface area contributed by atoms with Gasteiger partial charge < -0.3 is 5.32 Å². The number of benzene rings is 1. The molecule has 0 unspecified atom stereocenters. The lowest BCUT2D eigenvalue weighted by Gasteiger charge is -2.19. The van der Waals surface area contributed by atoms with Crippen LogP contribution in [0.5, 0.6) is 0 Å². The Labute approximate surface area is 131 Å². The second-order valence-electron chi connectivity index (χ2n) is 5.50. The topological polar surface area (TPSA) is 29.1 Å². The van der Waals surface area contributed by atoms with Gasteiger partial charge in [-0.2, -0.15) is 0 Å². The first kappa shape index (κ1) is 15.0. The maximum absolute atomic E-state index is 12.3. The number of carbonyl (C=O) groups excluding carboxylic acids is 1. The van der Waals surface area contributed by atoms with E-state index in [4.69, 9.17) is 0 Å². The van der Waals surface area contributed by atoms with Gasteiger partial charge in [-0.1, -0.05) is 63.0 Å². The van der Waals surface area contributed by atoms with Gasteiger partial charge in [0, 0.05) is 0 Å². The van der Waals surface area contributed by atoms with E-state index in [1.54, 1.807) is 0 Å². The van der Waals surface area contributed by atoms with Crippen molar-refractivity contribution in [2.45, 2.75) is 42.9 Å². The van der Waals surface area contributed by atoms with Crippen LogP contribution in [0.4, 0.5) is 0 Å². The lowest BCUT2D eigenvalue weighted by Crippen LogP contribution is -2.34. The molecule has 1 aromatic carbocycles. The number of carbonyl (C=O) groups is 1. The average Bonchev–Trinajstić information content (AvgIpc) is 2.90. The van der Waals surface area contributed by atoms with E-state index in [1.807, 2.05) is 13.8 Å². The van der Waals surface area contributed by atoms with Gasteiger partial charge in [-0.3, -0.25) is 4.79 Å². The molecule has 1 aliphatic rings. The molecule has 1 saturated carbocycles. The molecule has 2 rings (SSSR count). The second kappa shape index (κ2) is 5.21. The summed E-state index contributed by atoms with van der Waals surface area (Å²) in [6.45, 7) is 6.13. The molecule has 1 aliphatic carbocycles. The van der Waals surface area contributed by atoms with Gasteiger partial charge in [0.2, 0.25) is 5.91 Å². The van der Waals surface area contributed by atoms with Crippen molar-refractivity contribution in [3.05, 3.63) is 35.4 Å². The largest absolute Gasteiger partial charge is 0.349 e. The van der Waals surface area contributed by atoms with Crippen LogP contribution in [0.1, 0.15) is 44.4 Å². The van der Waals surface area contributed by atoms with Crippen LogP contribution in [0.15, 0.2) is 24.3 Å². The number of hydrogen-bond donors (Lipinski definition) is 1. The number of rotatable bonds is 4. The van der Waals surface area contributed by atoms with E-state index in [9.17, 15) is 4.79 Å². The molecule has 1 amide bonds. The standard InChI is InChI=1S/C15H19Br2NO/c1-4-11-5-7-12(8-6-11)10(2)18-13(19)14(3)9-15(14,16)17/h5-8,10H,4,9H2,1-3H3,(H,18,19)/t10-,14-/m0/s1. The van der Waals surface area contributed by atoms with Crippen molar-refractivity contribution in [2.75, 3.05) is 0 Å². The Bertz CT molecular complexity index is 483. The Balaban J connectivity index is 2.01. The molecule has 1 aromatic rings. The van der Waals surface area contributed by atoms with E-state index in [0.29, 0.717) is 0 Å². The first-order valence-corrected chi connectivity index (χ1v) is 8.16. The molecular formula is C15H19Br2NO. The molecule has 0 aromatic heterocycles. The maximum Gasteiger partial charge on any atom is 0.228 e. The quantitative estimate of drug-likeness (QED) is 0.764. The average molecular weight is 389 g/mol.